The van der Waals surface area contributed by atoms with Gasteiger partial charge in [-0.15, -0.1) is 0 Å². The number of carbonyl (C=O) groups is 2. The molecule has 4 rings (SSSR count). The number of carbonyl (C=O) groups excluding carboxylic acids is 2. The van der Waals surface area contributed by atoms with E-state index < -0.39 is 0 Å². The van der Waals surface area contributed by atoms with Crippen LogP contribution in [-0.2, 0) is 24.2 Å². The minimum absolute atomic E-state index is 0.180. The molecule has 2 amide bonds. The van der Waals surface area contributed by atoms with Crippen molar-refractivity contribution in [3.8, 4) is 0 Å². The van der Waals surface area contributed by atoms with E-state index in [9.17, 15) is 9.59 Å². The zero-order chi connectivity index (χ0) is 21.6. The maximum atomic E-state index is 12.7. The molecule has 0 saturated carbocycles. The largest absolute Gasteiger partial charge is 0.455 e. The van der Waals surface area contributed by atoms with E-state index in [-0.39, 0.29) is 24.0 Å². The van der Waals surface area contributed by atoms with Crippen molar-refractivity contribution in [3.63, 3.8) is 0 Å². The molecule has 0 unspecified atom stereocenters. The summed E-state index contributed by atoms with van der Waals surface area (Å²) in [7, 11) is 0. The van der Waals surface area contributed by atoms with Gasteiger partial charge in [0.1, 0.15) is 5.76 Å². The second-order valence-corrected chi connectivity index (χ2v) is 7.47. The Hall–Kier alpha value is -3.74. The number of nitrogens with one attached hydrogen (secondary N) is 2. The smallest absolute Gasteiger partial charge is 0.287 e. The van der Waals surface area contributed by atoms with Crippen LogP contribution in [0.3, 0.4) is 0 Å². The second kappa shape index (κ2) is 9.38. The Morgan fingerprint density at radius 3 is 2.68 bits per heavy atom. The number of hydrazone groups is 1. The van der Waals surface area contributed by atoms with Crippen LogP contribution >= 0.6 is 0 Å². The van der Waals surface area contributed by atoms with E-state index in [2.05, 4.69) is 20.8 Å². The maximum absolute atomic E-state index is 12.7. The summed E-state index contributed by atoms with van der Waals surface area (Å²) in [5.41, 5.74) is 6.66. The molecule has 0 fully saturated rings. The highest BCUT2D eigenvalue weighted by atomic mass is 16.4. The number of hydrogen-bond donors (Lipinski definition) is 2. The van der Waals surface area contributed by atoms with Crippen LogP contribution in [0.1, 0.15) is 51.5 Å². The standard InChI is InChI=1S/C24H24N4O3/c1-16-22-19(27-28-21(29)14-17-8-3-2-4-9-17)11-7-12-20(22)31-23(16)24(30)26-15-18-10-5-6-13-25-18/h2-6,8-10,13H,7,11-12,14-15H2,1H3,(H,26,30)(H,28,29)/b27-19+. The number of benzene rings is 1. The van der Waals surface area contributed by atoms with Crippen LogP contribution in [0.4, 0.5) is 0 Å². The molecule has 158 valence electrons. The molecule has 7 nitrogen and oxygen atoms in total. The number of nitrogens with zero attached hydrogens (tertiary/aromatic N) is 2. The summed E-state index contributed by atoms with van der Waals surface area (Å²) in [6.07, 6.45) is 4.25. The van der Waals surface area contributed by atoms with Crippen molar-refractivity contribution in [1.82, 2.24) is 15.7 Å². The van der Waals surface area contributed by atoms with Gasteiger partial charge in [0.25, 0.3) is 5.91 Å². The van der Waals surface area contributed by atoms with E-state index >= 15 is 0 Å². The molecule has 1 aliphatic carbocycles. The summed E-state index contributed by atoms with van der Waals surface area (Å²) in [4.78, 5) is 29.2. The van der Waals surface area contributed by atoms with Crippen LogP contribution in [-0.4, -0.2) is 22.5 Å². The molecule has 0 bridgehead atoms. The number of aryl methyl sites for hydroxylation is 1. The predicted octanol–water partition coefficient (Wildman–Crippen LogP) is 3.31. The molecule has 2 N–H and O–H groups in total. The van der Waals surface area contributed by atoms with Gasteiger partial charge in [0.15, 0.2) is 5.76 Å². The van der Waals surface area contributed by atoms with Gasteiger partial charge in [0.2, 0.25) is 5.91 Å². The Kier molecular flexibility index (Phi) is 6.21. The second-order valence-electron chi connectivity index (χ2n) is 7.47. The normalized spacial score (nSPS) is 14.2. The first-order chi connectivity index (χ1) is 15.1. The highest BCUT2D eigenvalue weighted by Gasteiger charge is 2.28. The number of hydrogen-bond acceptors (Lipinski definition) is 5. The van der Waals surface area contributed by atoms with Crippen molar-refractivity contribution in [1.29, 1.82) is 0 Å². The molecule has 1 aliphatic rings. The first kappa shape index (κ1) is 20.5. The Morgan fingerprint density at radius 1 is 1.10 bits per heavy atom. The number of aromatic nitrogens is 1. The van der Waals surface area contributed by atoms with Crippen molar-refractivity contribution in [3.05, 3.63) is 88.6 Å². The van der Waals surface area contributed by atoms with Gasteiger partial charge in [-0.25, -0.2) is 5.43 Å². The summed E-state index contributed by atoms with van der Waals surface area (Å²) >= 11 is 0. The van der Waals surface area contributed by atoms with Gasteiger partial charge in [-0.1, -0.05) is 36.4 Å². The maximum Gasteiger partial charge on any atom is 0.287 e. The van der Waals surface area contributed by atoms with E-state index in [0.717, 1.165) is 46.7 Å². The Morgan fingerprint density at radius 2 is 1.90 bits per heavy atom. The minimum atomic E-state index is -0.287. The monoisotopic (exact) mass is 416 g/mol. The van der Waals surface area contributed by atoms with Crippen LogP contribution in [0.25, 0.3) is 0 Å². The summed E-state index contributed by atoms with van der Waals surface area (Å²) < 4.78 is 5.89. The zero-order valence-corrected chi connectivity index (χ0v) is 17.4. The molecule has 0 saturated heterocycles. The third-order valence-corrected chi connectivity index (χ3v) is 5.21. The molecular weight excluding hydrogens is 392 g/mol. The molecule has 0 radical (unpaired) electrons. The minimum Gasteiger partial charge on any atom is -0.455 e. The average molecular weight is 416 g/mol. The van der Waals surface area contributed by atoms with Crippen LogP contribution in [0.5, 0.6) is 0 Å². The van der Waals surface area contributed by atoms with Crippen molar-refractivity contribution in [2.75, 3.05) is 0 Å². The molecule has 0 aliphatic heterocycles. The molecule has 31 heavy (non-hydrogen) atoms. The fraction of sp³-hybridized carbons (Fsp3) is 0.250. The lowest BCUT2D eigenvalue weighted by Crippen LogP contribution is -2.24. The van der Waals surface area contributed by atoms with Gasteiger partial charge >= 0.3 is 0 Å². The van der Waals surface area contributed by atoms with Crippen molar-refractivity contribution in [2.45, 2.75) is 39.2 Å². The predicted molar refractivity (Wildman–Crippen MR) is 117 cm³/mol. The molecule has 7 heteroatoms. The van der Waals surface area contributed by atoms with Crippen LogP contribution in [0.2, 0.25) is 0 Å². The average Bonchev–Trinajstić information content (AvgIpc) is 3.14. The molecule has 0 atom stereocenters. The van der Waals surface area contributed by atoms with E-state index in [1.807, 2.05) is 55.5 Å². The highest BCUT2D eigenvalue weighted by molar-refractivity contribution is 6.06. The number of rotatable bonds is 6. The Balaban J connectivity index is 1.46. The topological polar surface area (TPSA) is 96.6 Å². The van der Waals surface area contributed by atoms with Gasteiger partial charge in [-0.05, 0) is 37.5 Å². The van der Waals surface area contributed by atoms with Crippen molar-refractivity contribution >= 4 is 17.5 Å². The quantitative estimate of drug-likeness (QED) is 0.603. The molecule has 2 heterocycles. The zero-order valence-electron chi connectivity index (χ0n) is 17.4. The fourth-order valence-corrected chi connectivity index (χ4v) is 3.70. The lowest BCUT2D eigenvalue weighted by atomic mass is 9.93. The Bertz CT molecular complexity index is 1100. The summed E-state index contributed by atoms with van der Waals surface area (Å²) in [6.45, 7) is 2.17. The SMILES string of the molecule is Cc1c(C(=O)NCc2ccccn2)oc2c1/C(=N/NC(=O)Cc1ccccc1)CCC2. The Labute approximate surface area is 180 Å². The number of amides is 2. The summed E-state index contributed by atoms with van der Waals surface area (Å²) in [5, 5.41) is 7.22. The van der Waals surface area contributed by atoms with Gasteiger partial charge in [-0.3, -0.25) is 14.6 Å². The lowest BCUT2D eigenvalue weighted by molar-refractivity contribution is -0.120. The highest BCUT2D eigenvalue weighted by Crippen LogP contribution is 2.29. The lowest BCUT2D eigenvalue weighted by Gasteiger charge is -2.13. The van der Waals surface area contributed by atoms with E-state index in [4.69, 9.17) is 4.42 Å². The number of fused-ring (bicyclic) bond motifs is 1. The number of pyridine rings is 1. The fourth-order valence-electron chi connectivity index (χ4n) is 3.70. The molecule has 3 aromatic rings. The van der Waals surface area contributed by atoms with E-state index in [1.165, 1.54) is 0 Å². The summed E-state index contributed by atoms with van der Waals surface area (Å²) in [5.74, 6) is 0.555. The third-order valence-electron chi connectivity index (χ3n) is 5.21. The van der Waals surface area contributed by atoms with Crippen LogP contribution in [0.15, 0.2) is 64.2 Å². The first-order valence-corrected chi connectivity index (χ1v) is 10.3. The molecule has 2 aromatic heterocycles. The van der Waals surface area contributed by atoms with Gasteiger partial charge < -0.3 is 9.73 Å². The van der Waals surface area contributed by atoms with Gasteiger partial charge in [0.05, 0.1) is 24.4 Å². The van der Waals surface area contributed by atoms with Crippen LogP contribution < -0.4 is 10.7 Å². The summed E-state index contributed by atoms with van der Waals surface area (Å²) in [6, 6.07) is 15.1. The van der Waals surface area contributed by atoms with E-state index in [0.29, 0.717) is 13.0 Å². The van der Waals surface area contributed by atoms with Crippen molar-refractivity contribution in [2.24, 2.45) is 5.10 Å². The molecule has 1 aromatic carbocycles. The van der Waals surface area contributed by atoms with Gasteiger partial charge in [-0.2, -0.15) is 5.10 Å². The van der Waals surface area contributed by atoms with Crippen molar-refractivity contribution < 1.29 is 14.0 Å². The molecular formula is C24H24N4O3. The van der Waals surface area contributed by atoms with E-state index in [1.54, 1.807) is 6.20 Å². The third kappa shape index (κ3) is 4.88. The van der Waals surface area contributed by atoms with Crippen LogP contribution in [0, 0.1) is 6.92 Å². The first-order valence-electron chi connectivity index (χ1n) is 10.3. The van der Waals surface area contributed by atoms with Gasteiger partial charge in [0, 0.05) is 23.7 Å². The molecule has 0 spiro atoms. The number of furan rings is 1.